The third-order valence-corrected chi connectivity index (χ3v) is 2.72. The first kappa shape index (κ1) is 16.9. The first-order chi connectivity index (χ1) is 10.1. The second-order valence-electron chi connectivity index (χ2n) is 4.55. The number of hydrogen-bond donors (Lipinski definition) is 1. The number of nitrogens with zero attached hydrogens (tertiary/aromatic N) is 1. The topological polar surface area (TPSA) is 58.6 Å². The molecule has 0 aromatic heterocycles. The van der Waals surface area contributed by atoms with Crippen molar-refractivity contribution >= 4 is 12.3 Å². The molecular formula is C16H22N2O3. The lowest BCUT2D eigenvalue weighted by Gasteiger charge is -2.21. The second-order valence-corrected chi connectivity index (χ2v) is 4.55. The van der Waals surface area contributed by atoms with Crippen LogP contribution in [-0.4, -0.2) is 30.4 Å². The number of aldehydes is 1. The normalized spacial score (nSPS) is 11.1. The van der Waals surface area contributed by atoms with Gasteiger partial charge in [-0.3, -0.25) is 4.79 Å². The zero-order valence-electron chi connectivity index (χ0n) is 12.8. The summed E-state index contributed by atoms with van der Waals surface area (Å²) >= 11 is 0. The summed E-state index contributed by atoms with van der Waals surface area (Å²) in [6.07, 6.45) is 2.57. The number of esters is 1. The molecule has 0 aliphatic rings. The maximum atomic E-state index is 11.6. The van der Waals surface area contributed by atoms with Gasteiger partial charge >= 0.3 is 5.97 Å². The Kier molecular flexibility index (Phi) is 7.18. The predicted octanol–water partition coefficient (Wildman–Crippen LogP) is 2.29. The van der Waals surface area contributed by atoms with Crippen LogP contribution in [0.5, 0.6) is 0 Å². The highest BCUT2D eigenvalue weighted by Gasteiger charge is 2.07. The highest BCUT2D eigenvalue weighted by molar-refractivity contribution is 5.89. The van der Waals surface area contributed by atoms with Gasteiger partial charge in [-0.1, -0.05) is 19.1 Å². The minimum atomic E-state index is -0.315. The van der Waals surface area contributed by atoms with Crippen LogP contribution in [0.2, 0.25) is 0 Å². The Morgan fingerprint density at radius 2 is 1.95 bits per heavy atom. The van der Waals surface area contributed by atoms with E-state index in [-0.39, 0.29) is 5.97 Å². The molecule has 114 valence electrons. The molecule has 5 nitrogen and oxygen atoms in total. The molecule has 0 heterocycles. The van der Waals surface area contributed by atoms with Crippen molar-refractivity contribution in [3.8, 4) is 0 Å². The molecule has 0 aliphatic heterocycles. The van der Waals surface area contributed by atoms with Crippen LogP contribution in [0.3, 0.4) is 0 Å². The Morgan fingerprint density at radius 3 is 2.48 bits per heavy atom. The van der Waals surface area contributed by atoms with E-state index in [0.29, 0.717) is 24.3 Å². The van der Waals surface area contributed by atoms with E-state index in [1.54, 1.807) is 32.2 Å². The molecule has 0 bridgehead atoms. The fraction of sp³-hybridized carbons (Fsp3) is 0.375. The number of carbonyl (C=O) groups excluding carboxylic acids is 2. The van der Waals surface area contributed by atoms with Crippen molar-refractivity contribution < 1.29 is 14.3 Å². The van der Waals surface area contributed by atoms with Crippen molar-refractivity contribution in [2.24, 2.45) is 0 Å². The lowest BCUT2D eigenvalue weighted by atomic mass is 10.1. The number of rotatable bonds is 8. The average molecular weight is 290 g/mol. The first-order valence-corrected chi connectivity index (χ1v) is 7.00. The van der Waals surface area contributed by atoms with Crippen molar-refractivity contribution in [1.29, 1.82) is 0 Å². The lowest BCUT2D eigenvalue weighted by molar-refractivity contribution is -0.105. The summed E-state index contributed by atoms with van der Waals surface area (Å²) in [4.78, 5) is 22.3. The highest BCUT2D eigenvalue weighted by atomic mass is 16.5. The maximum Gasteiger partial charge on any atom is 0.338 e. The van der Waals surface area contributed by atoms with Gasteiger partial charge in [-0.15, -0.1) is 0 Å². The minimum absolute atomic E-state index is 0.315. The van der Waals surface area contributed by atoms with Gasteiger partial charge < -0.3 is 9.75 Å². The van der Waals surface area contributed by atoms with E-state index >= 15 is 0 Å². The van der Waals surface area contributed by atoms with Crippen LogP contribution in [0, 0.1) is 0 Å². The van der Waals surface area contributed by atoms with E-state index < -0.39 is 0 Å². The summed E-state index contributed by atoms with van der Waals surface area (Å²) in [7, 11) is 0. The first-order valence-electron chi connectivity index (χ1n) is 7.00. The number of carbonyl (C=O) groups is 2. The SMILES string of the molecule is CCNN(/C=C(\C)C=O)Cc1ccc(C(=O)OCC)cc1. The van der Waals surface area contributed by atoms with Crippen molar-refractivity contribution in [1.82, 2.24) is 10.4 Å². The molecule has 0 atom stereocenters. The molecular weight excluding hydrogens is 268 g/mol. The van der Waals surface area contributed by atoms with E-state index in [1.165, 1.54) is 0 Å². The predicted molar refractivity (Wildman–Crippen MR) is 81.4 cm³/mol. The van der Waals surface area contributed by atoms with E-state index in [1.807, 2.05) is 24.1 Å². The summed E-state index contributed by atoms with van der Waals surface area (Å²) in [5, 5.41) is 1.85. The standard InChI is InChI=1S/C16H22N2O3/c1-4-17-18(10-13(3)12-19)11-14-6-8-15(9-7-14)16(20)21-5-2/h6-10,12,17H,4-5,11H2,1-3H3/b13-10+. The Balaban J connectivity index is 2.76. The zero-order chi connectivity index (χ0) is 15.7. The molecule has 0 unspecified atom stereocenters. The van der Waals surface area contributed by atoms with Gasteiger partial charge in [0.25, 0.3) is 0 Å². The summed E-state index contributed by atoms with van der Waals surface area (Å²) < 4.78 is 4.94. The third kappa shape index (κ3) is 5.79. The fourth-order valence-electron chi connectivity index (χ4n) is 1.78. The second kappa shape index (κ2) is 8.92. The molecule has 0 fully saturated rings. The molecule has 5 heteroatoms. The van der Waals surface area contributed by atoms with Gasteiger partial charge in [0.1, 0.15) is 6.29 Å². The van der Waals surface area contributed by atoms with Crippen LogP contribution in [-0.2, 0) is 16.1 Å². The zero-order valence-corrected chi connectivity index (χ0v) is 12.8. The van der Waals surface area contributed by atoms with Gasteiger partial charge in [0.15, 0.2) is 0 Å². The Bertz CT molecular complexity index is 495. The molecule has 0 amide bonds. The smallest absolute Gasteiger partial charge is 0.338 e. The van der Waals surface area contributed by atoms with Gasteiger partial charge in [0.2, 0.25) is 0 Å². The maximum absolute atomic E-state index is 11.6. The molecule has 0 saturated heterocycles. The van der Waals surface area contributed by atoms with Crippen LogP contribution in [0.4, 0.5) is 0 Å². The number of hydrogen-bond acceptors (Lipinski definition) is 5. The van der Waals surface area contributed by atoms with Crippen LogP contribution >= 0.6 is 0 Å². The quantitative estimate of drug-likeness (QED) is 0.344. The summed E-state index contributed by atoms with van der Waals surface area (Å²) in [6, 6.07) is 7.24. The van der Waals surface area contributed by atoms with Gasteiger partial charge in [-0.05, 0) is 31.5 Å². The monoisotopic (exact) mass is 290 g/mol. The number of benzene rings is 1. The molecule has 1 aromatic carbocycles. The molecule has 1 N–H and O–H groups in total. The van der Waals surface area contributed by atoms with E-state index in [4.69, 9.17) is 4.74 Å². The molecule has 1 rings (SSSR count). The van der Waals surface area contributed by atoms with Crippen LogP contribution in [0.15, 0.2) is 36.0 Å². The Hall–Kier alpha value is -2.14. The van der Waals surface area contributed by atoms with Gasteiger partial charge in [0.05, 0.1) is 18.7 Å². The molecule has 0 aliphatic carbocycles. The van der Waals surface area contributed by atoms with Gasteiger partial charge in [-0.2, -0.15) is 0 Å². The molecule has 1 aromatic rings. The largest absolute Gasteiger partial charge is 0.462 e. The molecule has 21 heavy (non-hydrogen) atoms. The minimum Gasteiger partial charge on any atom is -0.462 e. The average Bonchev–Trinajstić information content (AvgIpc) is 2.48. The summed E-state index contributed by atoms with van der Waals surface area (Å²) in [6.45, 7) is 7.24. The number of ether oxygens (including phenoxy) is 1. The van der Waals surface area contributed by atoms with Crippen molar-refractivity contribution in [2.75, 3.05) is 13.2 Å². The summed E-state index contributed by atoms with van der Waals surface area (Å²) in [5.74, 6) is -0.315. The molecule has 0 spiro atoms. The van der Waals surface area contributed by atoms with Gasteiger partial charge in [0, 0.05) is 18.3 Å². The van der Waals surface area contributed by atoms with E-state index in [9.17, 15) is 9.59 Å². The number of allylic oxidation sites excluding steroid dienone is 1. The number of nitrogens with one attached hydrogen (secondary N) is 1. The Morgan fingerprint density at radius 1 is 1.29 bits per heavy atom. The van der Waals surface area contributed by atoms with Crippen molar-refractivity contribution in [3.63, 3.8) is 0 Å². The van der Waals surface area contributed by atoms with Crippen LogP contribution in [0.25, 0.3) is 0 Å². The fourth-order valence-corrected chi connectivity index (χ4v) is 1.78. The summed E-state index contributed by atoms with van der Waals surface area (Å²) in [5.41, 5.74) is 5.36. The third-order valence-electron chi connectivity index (χ3n) is 2.72. The lowest BCUT2D eigenvalue weighted by Crippen LogP contribution is -2.33. The molecule has 0 saturated carbocycles. The van der Waals surface area contributed by atoms with Crippen LogP contribution in [0.1, 0.15) is 36.7 Å². The van der Waals surface area contributed by atoms with E-state index in [2.05, 4.69) is 5.43 Å². The molecule has 0 radical (unpaired) electrons. The van der Waals surface area contributed by atoms with Crippen molar-refractivity contribution in [2.45, 2.75) is 27.3 Å². The van der Waals surface area contributed by atoms with Gasteiger partial charge in [-0.25, -0.2) is 10.2 Å². The van der Waals surface area contributed by atoms with E-state index in [0.717, 1.165) is 18.4 Å². The highest BCUT2D eigenvalue weighted by Crippen LogP contribution is 2.09. The van der Waals surface area contributed by atoms with Crippen molar-refractivity contribution in [3.05, 3.63) is 47.2 Å². The number of hydrazine groups is 1. The van der Waals surface area contributed by atoms with Crippen LogP contribution < -0.4 is 5.43 Å². The Labute approximate surface area is 125 Å².